The van der Waals surface area contributed by atoms with Crippen LogP contribution in [0.5, 0.6) is 0 Å². The minimum Gasteiger partial charge on any atom is -0.354 e. The van der Waals surface area contributed by atoms with Crippen LogP contribution in [0.25, 0.3) is 5.65 Å². The topological polar surface area (TPSA) is 36.7 Å². The lowest BCUT2D eigenvalue weighted by Crippen LogP contribution is -2.47. The molecule has 5 nitrogen and oxygen atoms in total. The summed E-state index contributed by atoms with van der Waals surface area (Å²) in [5, 5.41) is 5.21. The van der Waals surface area contributed by atoms with Crippen molar-refractivity contribution < 1.29 is 0 Å². The number of halogens is 1. The van der Waals surface area contributed by atoms with Crippen LogP contribution in [0.3, 0.4) is 0 Å². The molecule has 1 fully saturated rings. The number of rotatable bonds is 3. The largest absolute Gasteiger partial charge is 0.354 e. The van der Waals surface area contributed by atoms with Crippen LogP contribution in [0.2, 0.25) is 0 Å². The molecule has 2 aromatic rings. The normalized spacial score (nSPS) is 17.5. The van der Waals surface area contributed by atoms with Crippen molar-refractivity contribution in [3.05, 3.63) is 24.5 Å². The summed E-state index contributed by atoms with van der Waals surface area (Å²) in [5.41, 5.74) is 0.912. The molecule has 1 aliphatic rings. The Kier molecular flexibility index (Phi) is 3.47. The van der Waals surface area contributed by atoms with E-state index < -0.39 is 0 Å². The molecular formula is C12H16BrN5. The van der Waals surface area contributed by atoms with Crippen molar-refractivity contribution in [2.24, 2.45) is 0 Å². The molecule has 0 unspecified atom stereocenters. The number of hydrogen-bond donors (Lipinski definition) is 0. The third-order valence-electron chi connectivity index (χ3n) is 3.34. The molecule has 0 N–H and O–H groups in total. The van der Waals surface area contributed by atoms with Gasteiger partial charge in [-0.05, 0) is 6.07 Å². The highest BCUT2D eigenvalue weighted by Crippen LogP contribution is 2.14. The summed E-state index contributed by atoms with van der Waals surface area (Å²) in [6.45, 7) is 5.44. The molecule has 3 heterocycles. The number of alkyl halides is 1. The van der Waals surface area contributed by atoms with Gasteiger partial charge in [-0.15, -0.1) is 0 Å². The Morgan fingerprint density at radius 1 is 1.17 bits per heavy atom. The van der Waals surface area contributed by atoms with Crippen molar-refractivity contribution in [3.63, 3.8) is 0 Å². The van der Waals surface area contributed by atoms with Crippen molar-refractivity contribution in [2.75, 3.05) is 43.0 Å². The molecule has 2 aromatic heterocycles. The van der Waals surface area contributed by atoms with Crippen molar-refractivity contribution in [3.8, 4) is 0 Å². The van der Waals surface area contributed by atoms with E-state index in [1.807, 2.05) is 18.3 Å². The van der Waals surface area contributed by atoms with Crippen LogP contribution in [-0.2, 0) is 0 Å². The van der Waals surface area contributed by atoms with E-state index in [2.05, 4.69) is 35.8 Å². The second-order valence-corrected chi connectivity index (χ2v) is 5.23. The van der Waals surface area contributed by atoms with Crippen LogP contribution < -0.4 is 4.90 Å². The average molecular weight is 310 g/mol. The molecule has 3 rings (SSSR count). The monoisotopic (exact) mass is 309 g/mol. The number of aromatic nitrogens is 3. The first-order chi connectivity index (χ1) is 8.86. The highest BCUT2D eigenvalue weighted by Gasteiger charge is 2.17. The van der Waals surface area contributed by atoms with Gasteiger partial charge in [-0.2, -0.15) is 5.10 Å². The zero-order chi connectivity index (χ0) is 12.4. The third kappa shape index (κ3) is 2.35. The van der Waals surface area contributed by atoms with E-state index in [-0.39, 0.29) is 0 Å². The van der Waals surface area contributed by atoms with E-state index in [4.69, 9.17) is 0 Å². The molecule has 0 amide bonds. The van der Waals surface area contributed by atoms with Crippen LogP contribution >= 0.6 is 15.9 Å². The zero-order valence-corrected chi connectivity index (χ0v) is 11.8. The van der Waals surface area contributed by atoms with E-state index in [0.717, 1.165) is 49.5 Å². The Bertz CT molecular complexity index is 518. The van der Waals surface area contributed by atoms with Gasteiger partial charge in [-0.3, -0.25) is 4.90 Å². The van der Waals surface area contributed by atoms with E-state index >= 15 is 0 Å². The SMILES string of the molecule is BrCCN1CCN(c2ccn3nccc3n2)CC1. The van der Waals surface area contributed by atoms with Crippen LogP contribution in [-0.4, -0.2) is 57.6 Å². The molecule has 96 valence electrons. The molecular weight excluding hydrogens is 294 g/mol. The molecule has 6 heteroatoms. The second-order valence-electron chi connectivity index (χ2n) is 4.44. The Morgan fingerprint density at radius 3 is 2.78 bits per heavy atom. The molecule has 0 aliphatic carbocycles. The smallest absolute Gasteiger partial charge is 0.157 e. The van der Waals surface area contributed by atoms with E-state index in [1.54, 1.807) is 10.7 Å². The summed E-state index contributed by atoms with van der Waals surface area (Å²) in [4.78, 5) is 9.45. The first kappa shape index (κ1) is 11.9. The molecule has 18 heavy (non-hydrogen) atoms. The Balaban J connectivity index is 1.71. The molecule has 0 radical (unpaired) electrons. The van der Waals surface area contributed by atoms with Crippen LogP contribution in [0.1, 0.15) is 0 Å². The van der Waals surface area contributed by atoms with E-state index in [1.165, 1.54) is 0 Å². The van der Waals surface area contributed by atoms with Gasteiger partial charge in [-0.25, -0.2) is 9.50 Å². The van der Waals surface area contributed by atoms with Gasteiger partial charge >= 0.3 is 0 Å². The summed E-state index contributed by atoms with van der Waals surface area (Å²) < 4.78 is 1.80. The molecule has 1 saturated heterocycles. The lowest BCUT2D eigenvalue weighted by molar-refractivity contribution is 0.273. The summed E-state index contributed by atoms with van der Waals surface area (Å²) in [6, 6.07) is 3.98. The van der Waals surface area contributed by atoms with Gasteiger partial charge in [0.25, 0.3) is 0 Å². The summed E-state index contributed by atoms with van der Waals surface area (Å²) >= 11 is 3.49. The molecule has 0 bridgehead atoms. The zero-order valence-electron chi connectivity index (χ0n) is 10.2. The van der Waals surface area contributed by atoms with Gasteiger partial charge in [0.1, 0.15) is 5.82 Å². The number of nitrogens with zero attached hydrogens (tertiary/aromatic N) is 5. The predicted molar refractivity (Wildman–Crippen MR) is 75.4 cm³/mol. The fourth-order valence-corrected chi connectivity index (χ4v) is 2.80. The first-order valence-corrected chi connectivity index (χ1v) is 7.32. The van der Waals surface area contributed by atoms with Gasteiger partial charge < -0.3 is 4.90 Å². The van der Waals surface area contributed by atoms with E-state index in [0.29, 0.717) is 0 Å². The molecule has 1 aliphatic heterocycles. The first-order valence-electron chi connectivity index (χ1n) is 6.20. The molecule has 0 atom stereocenters. The molecule has 0 spiro atoms. The third-order valence-corrected chi connectivity index (χ3v) is 3.69. The van der Waals surface area contributed by atoms with Crippen molar-refractivity contribution in [2.45, 2.75) is 0 Å². The maximum atomic E-state index is 4.63. The number of piperazine rings is 1. The minimum absolute atomic E-state index is 0.912. The maximum absolute atomic E-state index is 4.63. The molecule has 0 saturated carbocycles. The summed E-state index contributed by atoms with van der Waals surface area (Å²) in [5.74, 6) is 1.06. The number of hydrogen-bond acceptors (Lipinski definition) is 4. The quantitative estimate of drug-likeness (QED) is 0.800. The van der Waals surface area contributed by atoms with Crippen LogP contribution in [0, 0.1) is 0 Å². The van der Waals surface area contributed by atoms with Crippen LogP contribution in [0.4, 0.5) is 5.82 Å². The fraction of sp³-hybridized carbons (Fsp3) is 0.500. The van der Waals surface area contributed by atoms with Gasteiger partial charge in [-0.1, -0.05) is 15.9 Å². The summed E-state index contributed by atoms with van der Waals surface area (Å²) in [6.07, 6.45) is 3.75. The second kappa shape index (κ2) is 5.24. The van der Waals surface area contributed by atoms with Gasteiger partial charge in [0, 0.05) is 50.3 Å². The van der Waals surface area contributed by atoms with Gasteiger partial charge in [0.05, 0.1) is 6.20 Å². The maximum Gasteiger partial charge on any atom is 0.157 e. The Labute approximate surface area is 115 Å². The Hall–Kier alpha value is -1.14. The average Bonchev–Trinajstić information content (AvgIpc) is 2.87. The van der Waals surface area contributed by atoms with Crippen molar-refractivity contribution in [1.29, 1.82) is 0 Å². The van der Waals surface area contributed by atoms with Crippen LogP contribution in [0.15, 0.2) is 24.5 Å². The van der Waals surface area contributed by atoms with Crippen molar-refractivity contribution in [1.82, 2.24) is 19.5 Å². The lowest BCUT2D eigenvalue weighted by Gasteiger charge is -2.35. The lowest BCUT2D eigenvalue weighted by atomic mass is 10.3. The van der Waals surface area contributed by atoms with Gasteiger partial charge in [0.15, 0.2) is 5.65 Å². The molecule has 0 aromatic carbocycles. The minimum atomic E-state index is 0.912. The standard InChI is InChI=1S/C12H16BrN5/c13-3-6-16-7-9-17(10-8-16)11-2-5-18-12(15-11)1-4-14-18/h1-2,4-5H,3,6-10H2. The highest BCUT2D eigenvalue weighted by molar-refractivity contribution is 9.09. The summed E-state index contributed by atoms with van der Waals surface area (Å²) in [7, 11) is 0. The number of anilines is 1. The van der Waals surface area contributed by atoms with E-state index in [9.17, 15) is 0 Å². The fourth-order valence-electron chi connectivity index (χ4n) is 2.30. The predicted octanol–water partition coefficient (Wildman–Crippen LogP) is 1.25. The van der Waals surface area contributed by atoms with Gasteiger partial charge in [0.2, 0.25) is 0 Å². The van der Waals surface area contributed by atoms with Crippen molar-refractivity contribution >= 4 is 27.4 Å². The highest BCUT2D eigenvalue weighted by atomic mass is 79.9. The Morgan fingerprint density at radius 2 is 2.00 bits per heavy atom. The number of fused-ring (bicyclic) bond motifs is 1.